The van der Waals surface area contributed by atoms with Gasteiger partial charge in [-0.15, -0.1) is 0 Å². The summed E-state index contributed by atoms with van der Waals surface area (Å²) in [5.41, 5.74) is 5.70. The molecule has 0 aromatic carbocycles. The van der Waals surface area contributed by atoms with Gasteiger partial charge in [0, 0.05) is 13.1 Å². The molecule has 2 rings (SSSR count). The highest BCUT2D eigenvalue weighted by atomic mass is 16.5. The van der Waals surface area contributed by atoms with Crippen molar-refractivity contribution in [2.45, 2.75) is 18.5 Å². The smallest absolute Gasteiger partial charge is 0.252 e. The third kappa shape index (κ3) is 2.16. The number of nitrogens with zero attached hydrogens (tertiary/aromatic N) is 1. The SMILES string of the molecule is CN1C(=O)CC(NC(=O)C2COCC2N)C1=O. The summed E-state index contributed by atoms with van der Waals surface area (Å²) in [5.74, 6) is -1.43. The summed E-state index contributed by atoms with van der Waals surface area (Å²) in [5, 5.41) is 2.55. The standard InChI is InChI=1S/C10H15N3O4/c1-13-8(14)2-7(10(13)16)12-9(15)5-3-17-4-6(5)11/h5-7H,2-4,11H2,1H3,(H,12,15). The third-order valence-electron chi connectivity index (χ3n) is 3.16. The average Bonchev–Trinajstić information content (AvgIpc) is 2.80. The second-order valence-corrected chi connectivity index (χ2v) is 4.36. The van der Waals surface area contributed by atoms with Crippen molar-refractivity contribution >= 4 is 17.7 Å². The van der Waals surface area contributed by atoms with Gasteiger partial charge in [-0.3, -0.25) is 19.3 Å². The minimum absolute atomic E-state index is 0.0177. The van der Waals surface area contributed by atoms with Crippen LogP contribution >= 0.6 is 0 Å². The average molecular weight is 241 g/mol. The summed E-state index contributed by atoms with van der Waals surface area (Å²) >= 11 is 0. The normalized spacial score (nSPS) is 33.3. The van der Waals surface area contributed by atoms with Crippen molar-refractivity contribution in [3.8, 4) is 0 Å². The Morgan fingerprint density at radius 3 is 2.65 bits per heavy atom. The molecule has 3 atom stereocenters. The first-order valence-corrected chi connectivity index (χ1v) is 5.45. The number of hydrogen-bond acceptors (Lipinski definition) is 5. The maximum atomic E-state index is 11.8. The number of carbonyl (C=O) groups excluding carboxylic acids is 3. The topological polar surface area (TPSA) is 102 Å². The van der Waals surface area contributed by atoms with Gasteiger partial charge < -0.3 is 15.8 Å². The van der Waals surface area contributed by atoms with Crippen molar-refractivity contribution in [2.24, 2.45) is 11.7 Å². The number of likely N-dealkylation sites (N-methyl/N-ethyl adjacent to an activating group) is 1. The summed E-state index contributed by atoms with van der Waals surface area (Å²) in [6.07, 6.45) is 0.0177. The fourth-order valence-electron chi connectivity index (χ4n) is 1.99. The summed E-state index contributed by atoms with van der Waals surface area (Å²) in [4.78, 5) is 35.7. The highest BCUT2D eigenvalue weighted by Gasteiger charge is 2.39. The molecular weight excluding hydrogens is 226 g/mol. The van der Waals surface area contributed by atoms with E-state index in [2.05, 4.69) is 5.32 Å². The molecule has 3 N–H and O–H groups in total. The fraction of sp³-hybridized carbons (Fsp3) is 0.700. The van der Waals surface area contributed by atoms with E-state index < -0.39 is 12.0 Å². The molecule has 7 nitrogen and oxygen atoms in total. The third-order valence-corrected chi connectivity index (χ3v) is 3.16. The predicted molar refractivity (Wildman–Crippen MR) is 56.6 cm³/mol. The molecule has 2 aliphatic rings. The number of hydrogen-bond donors (Lipinski definition) is 2. The molecule has 7 heteroatoms. The maximum Gasteiger partial charge on any atom is 0.252 e. The zero-order valence-corrected chi connectivity index (χ0v) is 9.51. The molecule has 2 saturated heterocycles. The van der Waals surface area contributed by atoms with Gasteiger partial charge in [0.25, 0.3) is 5.91 Å². The molecule has 2 aliphatic heterocycles. The van der Waals surface area contributed by atoms with Gasteiger partial charge in [-0.1, -0.05) is 0 Å². The van der Waals surface area contributed by atoms with E-state index in [9.17, 15) is 14.4 Å². The Kier molecular flexibility index (Phi) is 3.12. The molecule has 2 heterocycles. The quantitative estimate of drug-likeness (QED) is 0.536. The van der Waals surface area contributed by atoms with E-state index in [4.69, 9.17) is 10.5 Å². The second-order valence-electron chi connectivity index (χ2n) is 4.36. The molecule has 0 aromatic heterocycles. The predicted octanol–water partition coefficient (Wildman–Crippen LogP) is -2.17. The Morgan fingerprint density at radius 1 is 1.47 bits per heavy atom. The Morgan fingerprint density at radius 2 is 2.18 bits per heavy atom. The highest BCUT2D eigenvalue weighted by molar-refractivity contribution is 6.06. The van der Waals surface area contributed by atoms with Crippen LogP contribution in [0, 0.1) is 5.92 Å². The van der Waals surface area contributed by atoms with E-state index in [-0.39, 0.29) is 36.8 Å². The molecule has 0 saturated carbocycles. The first-order chi connectivity index (χ1) is 8.00. The van der Waals surface area contributed by atoms with Crippen LogP contribution in [0.4, 0.5) is 0 Å². The number of rotatable bonds is 2. The molecular formula is C10H15N3O4. The lowest BCUT2D eigenvalue weighted by Crippen LogP contribution is -2.47. The van der Waals surface area contributed by atoms with Crippen LogP contribution < -0.4 is 11.1 Å². The van der Waals surface area contributed by atoms with Crippen LogP contribution in [-0.2, 0) is 19.1 Å². The molecule has 0 radical (unpaired) electrons. The minimum Gasteiger partial charge on any atom is -0.379 e. The van der Waals surface area contributed by atoms with Crippen LogP contribution in [0.3, 0.4) is 0 Å². The number of likely N-dealkylation sites (tertiary alicyclic amines) is 1. The van der Waals surface area contributed by atoms with Crippen LogP contribution in [0.25, 0.3) is 0 Å². The second kappa shape index (κ2) is 4.42. The molecule has 17 heavy (non-hydrogen) atoms. The molecule has 3 amide bonds. The van der Waals surface area contributed by atoms with Crippen LogP contribution in [0.15, 0.2) is 0 Å². The van der Waals surface area contributed by atoms with Crippen LogP contribution in [0.2, 0.25) is 0 Å². The molecule has 0 bridgehead atoms. The zero-order valence-electron chi connectivity index (χ0n) is 9.51. The van der Waals surface area contributed by atoms with Gasteiger partial charge in [-0.25, -0.2) is 0 Å². The monoisotopic (exact) mass is 241 g/mol. The molecule has 0 aromatic rings. The number of nitrogens with one attached hydrogen (secondary N) is 1. The highest BCUT2D eigenvalue weighted by Crippen LogP contribution is 2.15. The molecule has 94 valence electrons. The van der Waals surface area contributed by atoms with Gasteiger partial charge in [-0.05, 0) is 0 Å². The Balaban J connectivity index is 1.95. The van der Waals surface area contributed by atoms with Crippen LogP contribution in [0.5, 0.6) is 0 Å². The summed E-state index contributed by atoms with van der Waals surface area (Å²) in [6.45, 7) is 0.604. The molecule has 3 unspecified atom stereocenters. The van der Waals surface area contributed by atoms with Crippen LogP contribution in [-0.4, -0.2) is 55.0 Å². The van der Waals surface area contributed by atoms with Gasteiger partial charge in [0.05, 0.1) is 25.6 Å². The first kappa shape index (κ1) is 12.0. The van der Waals surface area contributed by atoms with Crippen molar-refractivity contribution in [1.29, 1.82) is 0 Å². The maximum absolute atomic E-state index is 11.8. The van der Waals surface area contributed by atoms with Gasteiger partial charge in [0.15, 0.2) is 0 Å². The van der Waals surface area contributed by atoms with E-state index in [1.807, 2.05) is 0 Å². The van der Waals surface area contributed by atoms with E-state index >= 15 is 0 Å². The lowest BCUT2D eigenvalue weighted by molar-refractivity contribution is -0.138. The van der Waals surface area contributed by atoms with Gasteiger partial charge in [0.2, 0.25) is 11.8 Å². The number of nitrogens with two attached hydrogens (primary N) is 1. The van der Waals surface area contributed by atoms with Crippen LogP contribution in [0.1, 0.15) is 6.42 Å². The van der Waals surface area contributed by atoms with Crippen molar-refractivity contribution in [1.82, 2.24) is 10.2 Å². The van der Waals surface area contributed by atoms with E-state index in [0.717, 1.165) is 4.90 Å². The van der Waals surface area contributed by atoms with Crippen molar-refractivity contribution in [3.05, 3.63) is 0 Å². The van der Waals surface area contributed by atoms with Gasteiger partial charge in [-0.2, -0.15) is 0 Å². The largest absolute Gasteiger partial charge is 0.379 e. The lowest BCUT2D eigenvalue weighted by atomic mass is 10.0. The molecule has 2 fully saturated rings. The zero-order chi connectivity index (χ0) is 12.6. The van der Waals surface area contributed by atoms with Crippen molar-refractivity contribution < 1.29 is 19.1 Å². The lowest BCUT2D eigenvalue weighted by Gasteiger charge is -2.16. The Labute approximate surface area is 98.3 Å². The Hall–Kier alpha value is -1.47. The number of ether oxygens (including phenoxy) is 1. The summed E-state index contributed by atoms with van der Waals surface area (Å²) in [7, 11) is 1.40. The molecule has 0 spiro atoms. The van der Waals surface area contributed by atoms with Crippen molar-refractivity contribution in [2.75, 3.05) is 20.3 Å². The van der Waals surface area contributed by atoms with Crippen molar-refractivity contribution in [3.63, 3.8) is 0 Å². The molecule has 0 aliphatic carbocycles. The van der Waals surface area contributed by atoms with E-state index in [0.29, 0.717) is 6.61 Å². The number of amides is 3. The summed E-state index contributed by atoms with van der Waals surface area (Å²) in [6, 6.07) is -1.10. The minimum atomic E-state index is -0.757. The number of imide groups is 1. The Bertz CT molecular complexity index is 371. The van der Waals surface area contributed by atoms with Gasteiger partial charge >= 0.3 is 0 Å². The first-order valence-electron chi connectivity index (χ1n) is 5.45. The van der Waals surface area contributed by atoms with E-state index in [1.165, 1.54) is 7.05 Å². The summed E-state index contributed by atoms with van der Waals surface area (Å²) < 4.78 is 5.08. The fourth-order valence-corrected chi connectivity index (χ4v) is 1.99. The van der Waals surface area contributed by atoms with E-state index in [1.54, 1.807) is 0 Å². The number of carbonyl (C=O) groups is 3. The van der Waals surface area contributed by atoms with Gasteiger partial charge in [0.1, 0.15) is 6.04 Å².